The number of hydrogen-bond acceptors (Lipinski definition) is 2. The molecule has 0 bridgehead atoms. The second-order valence-electron chi connectivity index (χ2n) is 5.85. The minimum absolute atomic E-state index is 0.0418. The Morgan fingerprint density at radius 3 is 2.62 bits per heavy atom. The molecule has 0 saturated carbocycles. The third kappa shape index (κ3) is 4.48. The zero-order valence-corrected chi connectivity index (χ0v) is 12.6. The number of amides is 4. The molecule has 5 nitrogen and oxygen atoms in total. The van der Waals surface area contributed by atoms with Gasteiger partial charge in [0.2, 0.25) is 0 Å². The first-order valence-electron chi connectivity index (χ1n) is 7.45. The predicted octanol–water partition coefficient (Wildman–Crippen LogP) is 2.38. The summed E-state index contributed by atoms with van der Waals surface area (Å²) in [4.78, 5) is 25.4. The van der Waals surface area contributed by atoms with E-state index in [4.69, 9.17) is 0 Å². The Bertz CT molecular complexity index is 488. The molecule has 1 aliphatic heterocycles. The summed E-state index contributed by atoms with van der Waals surface area (Å²) in [7, 11) is 0. The van der Waals surface area contributed by atoms with Crippen molar-refractivity contribution in [3.05, 3.63) is 35.9 Å². The average Bonchev–Trinajstić information content (AvgIpc) is 2.57. The summed E-state index contributed by atoms with van der Waals surface area (Å²) in [6.45, 7) is 5.37. The lowest BCUT2D eigenvalue weighted by Gasteiger charge is -2.30. The van der Waals surface area contributed by atoms with E-state index in [0.29, 0.717) is 19.0 Å². The van der Waals surface area contributed by atoms with Gasteiger partial charge in [0.25, 0.3) is 0 Å². The van der Waals surface area contributed by atoms with Gasteiger partial charge in [0.05, 0.1) is 6.04 Å². The number of benzene rings is 1. The van der Waals surface area contributed by atoms with E-state index in [0.717, 1.165) is 12.8 Å². The van der Waals surface area contributed by atoms with Gasteiger partial charge in [-0.2, -0.15) is 0 Å². The molecule has 1 aromatic rings. The first-order chi connectivity index (χ1) is 10.1. The molecule has 1 fully saturated rings. The van der Waals surface area contributed by atoms with Gasteiger partial charge in [-0.3, -0.25) is 5.32 Å². The normalized spacial score (nSPS) is 19.2. The summed E-state index contributed by atoms with van der Waals surface area (Å²) >= 11 is 0. The Balaban J connectivity index is 2.06. The molecular formula is C16H23N3O2. The standard InChI is InChI=1S/C16H23N3O2/c1-12(2)10-14-11-17-15(20)18-16(21)19(14)9-8-13-6-4-3-5-7-13/h3-7,12,14H,8-11H2,1-2H3,(H2,17,18,20,21). The molecule has 21 heavy (non-hydrogen) atoms. The topological polar surface area (TPSA) is 61.4 Å². The fourth-order valence-electron chi connectivity index (χ4n) is 2.63. The van der Waals surface area contributed by atoms with Crippen LogP contribution in [0, 0.1) is 5.92 Å². The Hall–Kier alpha value is -2.04. The molecule has 114 valence electrons. The highest BCUT2D eigenvalue weighted by Crippen LogP contribution is 2.14. The highest BCUT2D eigenvalue weighted by molar-refractivity contribution is 5.94. The monoisotopic (exact) mass is 289 g/mol. The summed E-state index contributed by atoms with van der Waals surface area (Å²) in [5, 5.41) is 5.11. The van der Waals surface area contributed by atoms with Gasteiger partial charge in [-0.1, -0.05) is 44.2 Å². The van der Waals surface area contributed by atoms with Crippen molar-refractivity contribution in [3.8, 4) is 0 Å². The van der Waals surface area contributed by atoms with Crippen LogP contribution in [0.5, 0.6) is 0 Å². The van der Waals surface area contributed by atoms with Crippen LogP contribution >= 0.6 is 0 Å². The predicted molar refractivity (Wildman–Crippen MR) is 82.0 cm³/mol. The van der Waals surface area contributed by atoms with E-state index < -0.39 is 6.03 Å². The van der Waals surface area contributed by atoms with Crippen LogP contribution in [0.4, 0.5) is 9.59 Å². The van der Waals surface area contributed by atoms with Gasteiger partial charge in [-0.05, 0) is 24.3 Å². The van der Waals surface area contributed by atoms with E-state index in [1.54, 1.807) is 4.90 Å². The van der Waals surface area contributed by atoms with E-state index in [1.807, 2.05) is 18.2 Å². The maximum atomic E-state index is 12.2. The lowest BCUT2D eigenvalue weighted by atomic mass is 10.0. The Morgan fingerprint density at radius 2 is 1.95 bits per heavy atom. The zero-order chi connectivity index (χ0) is 15.2. The van der Waals surface area contributed by atoms with E-state index in [-0.39, 0.29) is 12.1 Å². The van der Waals surface area contributed by atoms with Gasteiger partial charge in [-0.15, -0.1) is 0 Å². The van der Waals surface area contributed by atoms with Crippen molar-refractivity contribution in [1.82, 2.24) is 15.5 Å². The highest BCUT2D eigenvalue weighted by Gasteiger charge is 2.29. The lowest BCUT2D eigenvalue weighted by Crippen LogP contribution is -2.46. The van der Waals surface area contributed by atoms with Crippen molar-refractivity contribution in [1.29, 1.82) is 0 Å². The van der Waals surface area contributed by atoms with Gasteiger partial charge >= 0.3 is 12.1 Å². The number of carbonyl (C=O) groups excluding carboxylic acids is 2. The average molecular weight is 289 g/mol. The second kappa shape index (κ2) is 7.11. The van der Waals surface area contributed by atoms with Crippen LogP contribution in [0.2, 0.25) is 0 Å². The zero-order valence-electron chi connectivity index (χ0n) is 12.6. The molecule has 4 amide bonds. The largest absolute Gasteiger partial charge is 0.336 e. The number of nitrogens with one attached hydrogen (secondary N) is 2. The number of urea groups is 2. The maximum absolute atomic E-state index is 12.2. The fraction of sp³-hybridized carbons (Fsp3) is 0.500. The highest BCUT2D eigenvalue weighted by atomic mass is 16.2. The van der Waals surface area contributed by atoms with Gasteiger partial charge in [0, 0.05) is 13.1 Å². The van der Waals surface area contributed by atoms with Crippen LogP contribution in [0.1, 0.15) is 25.8 Å². The van der Waals surface area contributed by atoms with Crippen molar-refractivity contribution >= 4 is 12.1 Å². The van der Waals surface area contributed by atoms with E-state index in [2.05, 4.69) is 36.6 Å². The Kier molecular flexibility index (Phi) is 5.20. The van der Waals surface area contributed by atoms with Crippen LogP contribution in [0.15, 0.2) is 30.3 Å². The van der Waals surface area contributed by atoms with Crippen molar-refractivity contribution < 1.29 is 9.59 Å². The molecule has 1 saturated heterocycles. The SMILES string of the molecule is CC(C)CC1CNC(=O)NC(=O)N1CCc1ccccc1. The number of nitrogens with zero attached hydrogens (tertiary/aromatic N) is 1. The Labute approximate surface area is 125 Å². The Morgan fingerprint density at radius 1 is 1.24 bits per heavy atom. The fourth-order valence-corrected chi connectivity index (χ4v) is 2.63. The molecule has 0 aliphatic carbocycles. The summed E-state index contributed by atoms with van der Waals surface area (Å²) in [6.07, 6.45) is 1.67. The van der Waals surface area contributed by atoms with Crippen LogP contribution in [0.3, 0.4) is 0 Å². The van der Waals surface area contributed by atoms with Gasteiger partial charge < -0.3 is 10.2 Å². The van der Waals surface area contributed by atoms with Crippen LogP contribution in [-0.2, 0) is 6.42 Å². The molecular weight excluding hydrogens is 266 g/mol. The summed E-state index contributed by atoms with van der Waals surface area (Å²) in [5.74, 6) is 0.469. The van der Waals surface area contributed by atoms with E-state index >= 15 is 0 Å². The molecule has 2 rings (SSSR count). The molecule has 0 aromatic heterocycles. The van der Waals surface area contributed by atoms with Gasteiger partial charge in [-0.25, -0.2) is 9.59 Å². The smallest absolute Gasteiger partial charge is 0.325 e. The van der Waals surface area contributed by atoms with Crippen LogP contribution < -0.4 is 10.6 Å². The lowest BCUT2D eigenvalue weighted by molar-refractivity contribution is 0.174. The molecule has 1 heterocycles. The second-order valence-corrected chi connectivity index (χ2v) is 5.85. The molecule has 0 spiro atoms. The van der Waals surface area contributed by atoms with Crippen molar-refractivity contribution in [2.75, 3.05) is 13.1 Å². The maximum Gasteiger partial charge on any atom is 0.325 e. The van der Waals surface area contributed by atoms with Gasteiger partial charge in [0.1, 0.15) is 0 Å². The minimum Gasteiger partial charge on any atom is -0.336 e. The number of hydrogen-bond donors (Lipinski definition) is 2. The third-order valence-corrected chi connectivity index (χ3v) is 3.65. The number of carbonyl (C=O) groups is 2. The number of imide groups is 1. The summed E-state index contributed by atoms with van der Waals surface area (Å²) in [6, 6.07) is 9.41. The van der Waals surface area contributed by atoms with Crippen molar-refractivity contribution in [2.45, 2.75) is 32.7 Å². The molecule has 0 radical (unpaired) electrons. The third-order valence-electron chi connectivity index (χ3n) is 3.65. The molecule has 1 aromatic carbocycles. The van der Waals surface area contributed by atoms with Crippen molar-refractivity contribution in [3.63, 3.8) is 0 Å². The molecule has 1 unspecified atom stereocenters. The molecule has 1 aliphatic rings. The van der Waals surface area contributed by atoms with Crippen molar-refractivity contribution in [2.24, 2.45) is 5.92 Å². The quantitative estimate of drug-likeness (QED) is 0.874. The minimum atomic E-state index is -0.407. The molecule has 5 heteroatoms. The molecule has 2 N–H and O–H groups in total. The first-order valence-corrected chi connectivity index (χ1v) is 7.45. The molecule has 1 atom stereocenters. The first kappa shape index (κ1) is 15.4. The van der Waals surface area contributed by atoms with Gasteiger partial charge in [0.15, 0.2) is 0 Å². The van der Waals surface area contributed by atoms with Crippen LogP contribution in [0.25, 0.3) is 0 Å². The van der Waals surface area contributed by atoms with E-state index in [9.17, 15) is 9.59 Å². The van der Waals surface area contributed by atoms with Crippen LogP contribution in [-0.4, -0.2) is 36.1 Å². The van der Waals surface area contributed by atoms with E-state index in [1.165, 1.54) is 5.56 Å². The summed E-state index contributed by atoms with van der Waals surface area (Å²) in [5.41, 5.74) is 1.19. The number of rotatable bonds is 5. The summed E-state index contributed by atoms with van der Waals surface area (Å²) < 4.78 is 0.